The molecule has 0 radical (unpaired) electrons. The van der Waals surface area contributed by atoms with Crippen LogP contribution in [-0.4, -0.2) is 47.7 Å². The molecule has 5 rings (SSSR count). The first-order valence-electron chi connectivity index (χ1n) is 9.18. The molecule has 2 aliphatic heterocycles. The molecule has 138 valence electrons. The van der Waals surface area contributed by atoms with Crippen LogP contribution in [0.1, 0.15) is 17.0 Å². The van der Waals surface area contributed by atoms with Gasteiger partial charge in [-0.3, -0.25) is 9.78 Å². The summed E-state index contributed by atoms with van der Waals surface area (Å²) < 4.78 is 17.6. The van der Waals surface area contributed by atoms with E-state index in [9.17, 15) is 4.79 Å². The van der Waals surface area contributed by atoms with Gasteiger partial charge < -0.3 is 18.8 Å². The molecule has 3 aromatic rings. The standard InChI is InChI=1S/C21H20N2O4/c24-20(19-10-15-4-1-2-6-18(15)27-19)23-13-21(14-23)16(7-9-26-21)12-25-17-5-3-8-22-11-17/h1-6,8,10-11,16H,7,9,12-14H2/t16-/m1/s1. The minimum absolute atomic E-state index is 0.0840. The maximum atomic E-state index is 12.8. The number of amides is 1. The Hall–Kier alpha value is -2.86. The smallest absolute Gasteiger partial charge is 0.289 e. The van der Waals surface area contributed by atoms with E-state index in [1.54, 1.807) is 23.4 Å². The molecule has 1 atom stereocenters. The quantitative estimate of drug-likeness (QED) is 0.712. The van der Waals surface area contributed by atoms with Crippen LogP contribution in [0.3, 0.4) is 0 Å². The molecule has 0 saturated carbocycles. The van der Waals surface area contributed by atoms with Crippen molar-refractivity contribution in [1.29, 1.82) is 0 Å². The number of furan rings is 1. The summed E-state index contributed by atoms with van der Waals surface area (Å²) in [5.41, 5.74) is 0.431. The molecule has 0 bridgehead atoms. The molecule has 2 fully saturated rings. The van der Waals surface area contributed by atoms with Gasteiger partial charge in [0.1, 0.15) is 16.9 Å². The number of carbonyl (C=O) groups is 1. The van der Waals surface area contributed by atoms with Crippen molar-refractivity contribution in [3.8, 4) is 5.75 Å². The summed E-state index contributed by atoms with van der Waals surface area (Å²) in [5.74, 6) is 1.32. The highest BCUT2D eigenvalue weighted by Crippen LogP contribution is 2.41. The van der Waals surface area contributed by atoms with Crippen molar-refractivity contribution < 1.29 is 18.7 Å². The summed E-state index contributed by atoms with van der Waals surface area (Å²) in [4.78, 5) is 18.6. The number of aromatic nitrogens is 1. The Morgan fingerprint density at radius 1 is 1.26 bits per heavy atom. The first-order chi connectivity index (χ1) is 13.2. The van der Waals surface area contributed by atoms with Crippen molar-refractivity contribution in [2.45, 2.75) is 12.0 Å². The SMILES string of the molecule is O=C(c1cc2ccccc2o1)N1CC2(C1)OCC[C@@H]2COc1cccnc1. The fourth-order valence-electron chi connectivity index (χ4n) is 3.99. The first kappa shape index (κ1) is 16.3. The van der Waals surface area contributed by atoms with Crippen molar-refractivity contribution in [2.24, 2.45) is 5.92 Å². The number of benzene rings is 1. The second-order valence-electron chi connectivity index (χ2n) is 7.21. The summed E-state index contributed by atoms with van der Waals surface area (Å²) >= 11 is 0. The molecular weight excluding hydrogens is 344 g/mol. The molecule has 6 nitrogen and oxygen atoms in total. The normalized spacial score (nSPS) is 20.7. The minimum Gasteiger partial charge on any atom is -0.492 e. The number of pyridine rings is 1. The van der Waals surface area contributed by atoms with Gasteiger partial charge in [-0.25, -0.2) is 0 Å². The number of hydrogen-bond acceptors (Lipinski definition) is 5. The van der Waals surface area contributed by atoms with Crippen molar-refractivity contribution >= 4 is 16.9 Å². The maximum Gasteiger partial charge on any atom is 0.289 e. The Balaban J connectivity index is 1.24. The Bertz CT molecular complexity index is 929. The molecule has 0 N–H and O–H groups in total. The van der Waals surface area contributed by atoms with Crippen molar-refractivity contribution in [3.05, 3.63) is 60.6 Å². The zero-order valence-electron chi connectivity index (χ0n) is 14.8. The van der Waals surface area contributed by atoms with Gasteiger partial charge in [0.15, 0.2) is 5.76 Å². The molecule has 2 saturated heterocycles. The third-order valence-corrected chi connectivity index (χ3v) is 5.53. The van der Waals surface area contributed by atoms with E-state index >= 15 is 0 Å². The molecule has 1 spiro atoms. The van der Waals surface area contributed by atoms with Gasteiger partial charge in [0.05, 0.1) is 25.9 Å². The molecule has 1 amide bonds. The van der Waals surface area contributed by atoms with Crippen LogP contribution in [-0.2, 0) is 4.74 Å². The van der Waals surface area contributed by atoms with Gasteiger partial charge in [0, 0.05) is 24.1 Å². The van der Waals surface area contributed by atoms with Crippen molar-refractivity contribution in [1.82, 2.24) is 9.88 Å². The third-order valence-electron chi connectivity index (χ3n) is 5.53. The lowest BCUT2D eigenvalue weighted by atomic mass is 9.81. The highest BCUT2D eigenvalue weighted by atomic mass is 16.5. The fourth-order valence-corrected chi connectivity index (χ4v) is 3.99. The average molecular weight is 364 g/mol. The van der Waals surface area contributed by atoms with Crippen LogP contribution < -0.4 is 4.74 Å². The van der Waals surface area contributed by atoms with Crippen LogP contribution in [0, 0.1) is 5.92 Å². The van der Waals surface area contributed by atoms with Crippen LogP contribution in [0.4, 0.5) is 0 Å². The van der Waals surface area contributed by atoms with Gasteiger partial charge in [0.2, 0.25) is 0 Å². The van der Waals surface area contributed by atoms with E-state index in [0.29, 0.717) is 32.1 Å². The number of likely N-dealkylation sites (tertiary alicyclic amines) is 1. The van der Waals surface area contributed by atoms with Gasteiger partial charge in [-0.2, -0.15) is 0 Å². The van der Waals surface area contributed by atoms with Gasteiger partial charge >= 0.3 is 0 Å². The van der Waals surface area contributed by atoms with Crippen molar-refractivity contribution in [3.63, 3.8) is 0 Å². The minimum atomic E-state index is -0.302. The van der Waals surface area contributed by atoms with Crippen LogP contribution in [0.5, 0.6) is 5.75 Å². The summed E-state index contributed by atoms with van der Waals surface area (Å²) in [7, 11) is 0. The average Bonchev–Trinajstić information content (AvgIpc) is 3.29. The monoisotopic (exact) mass is 364 g/mol. The number of fused-ring (bicyclic) bond motifs is 1. The molecule has 1 aromatic carbocycles. The van der Waals surface area contributed by atoms with Gasteiger partial charge in [0.25, 0.3) is 5.91 Å². The largest absolute Gasteiger partial charge is 0.492 e. The highest BCUT2D eigenvalue weighted by molar-refractivity contribution is 5.96. The molecule has 0 aliphatic carbocycles. The molecule has 6 heteroatoms. The highest BCUT2D eigenvalue weighted by Gasteiger charge is 2.55. The first-order valence-corrected chi connectivity index (χ1v) is 9.18. The van der Waals surface area contributed by atoms with Gasteiger partial charge in [-0.15, -0.1) is 0 Å². The van der Waals surface area contributed by atoms with E-state index in [1.807, 2.05) is 36.4 Å². The van der Waals surface area contributed by atoms with E-state index in [4.69, 9.17) is 13.9 Å². The molecule has 2 aromatic heterocycles. The summed E-state index contributed by atoms with van der Waals surface area (Å²) in [6, 6.07) is 13.2. The Kier molecular flexibility index (Phi) is 3.86. The van der Waals surface area contributed by atoms with Crippen molar-refractivity contribution in [2.75, 3.05) is 26.3 Å². The topological polar surface area (TPSA) is 64.8 Å². The maximum absolute atomic E-state index is 12.8. The third kappa shape index (κ3) is 2.86. The summed E-state index contributed by atoms with van der Waals surface area (Å²) in [5, 5.41) is 0.941. The lowest BCUT2D eigenvalue weighted by molar-refractivity contribution is -0.122. The molecule has 27 heavy (non-hydrogen) atoms. The van der Waals surface area contributed by atoms with E-state index < -0.39 is 0 Å². The number of rotatable bonds is 4. The number of carbonyl (C=O) groups excluding carboxylic acids is 1. The number of para-hydroxylation sites is 1. The zero-order chi connectivity index (χ0) is 18.3. The second-order valence-corrected chi connectivity index (χ2v) is 7.21. The van der Waals surface area contributed by atoms with Gasteiger partial charge in [-0.05, 0) is 30.7 Å². The molecule has 0 unspecified atom stereocenters. The zero-order valence-corrected chi connectivity index (χ0v) is 14.8. The Labute approximate surface area is 156 Å². The van der Waals surface area contributed by atoms with E-state index in [-0.39, 0.29) is 17.4 Å². The van der Waals surface area contributed by atoms with E-state index in [2.05, 4.69) is 4.98 Å². The van der Waals surface area contributed by atoms with E-state index in [0.717, 1.165) is 23.1 Å². The Morgan fingerprint density at radius 3 is 2.96 bits per heavy atom. The van der Waals surface area contributed by atoms with Crippen LogP contribution in [0.2, 0.25) is 0 Å². The van der Waals surface area contributed by atoms with E-state index in [1.165, 1.54) is 0 Å². The van der Waals surface area contributed by atoms with Gasteiger partial charge in [-0.1, -0.05) is 18.2 Å². The van der Waals surface area contributed by atoms with Crippen LogP contribution in [0.15, 0.2) is 59.3 Å². The molecule has 2 aliphatic rings. The predicted molar refractivity (Wildman–Crippen MR) is 98.6 cm³/mol. The number of hydrogen-bond donors (Lipinski definition) is 0. The molecular formula is C21H20N2O4. The summed E-state index contributed by atoms with van der Waals surface area (Å²) in [6.07, 6.45) is 4.37. The second kappa shape index (κ2) is 6.39. The fraction of sp³-hybridized carbons (Fsp3) is 0.333. The lowest BCUT2D eigenvalue weighted by Crippen LogP contribution is -2.66. The number of ether oxygens (including phenoxy) is 2. The Morgan fingerprint density at radius 2 is 2.15 bits per heavy atom. The molecule has 4 heterocycles. The lowest BCUT2D eigenvalue weighted by Gasteiger charge is -2.49. The summed E-state index contributed by atoms with van der Waals surface area (Å²) in [6.45, 7) is 2.42. The van der Waals surface area contributed by atoms with Crippen LogP contribution >= 0.6 is 0 Å². The predicted octanol–water partition coefficient (Wildman–Crippen LogP) is 3.14. The van der Waals surface area contributed by atoms with Crippen LogP contribution in [0.25, 0.3) is 11.0 Å². The number of nitrogens with zero attached hydrogens (tertiary/aromatic N) is 2.